The summed E-state index contributed by atoms with van der Waals surface area (Å²) < 4.78 is 38.5. The van der Waals surface area contributed by atoms with E-state index in [1.54, 1.807) is 39.2 Å². The van der Waals surface area contributed by atoms with E-state index in [4.69, 9.17) is 9.15 Å². The number of amides is 1. The normalized spacial score (nSPS) is 14.7. The number of sulfonamides is 1. The molecule has 4 rings (SSSR count). The lowest BCUT2D eigenvalue weighted by molar-refractivity contribution is 0.0953. The van der Waals surface area contributed by atoms with E-state index in [2.05, 4.69) is 29.5 Å². The molecule has 1 aliphatic rings. The highest BCUT2D eigenvalue weighted by Gasteiger charge is 2.27. The molecule has 0 bridgehead atoms. The van der Waals surface area contributed by atoms with Gasteiger partial charge in [-0.15, -0.1) is 0 Å². The summed E-state index contributed by atoms with van der Waals surface area (Å²) in [6.45, 7) is 8.91. The quantitative estimate of drug-likeness (QED) is 0.395. The Morgan fingerprint density at radius 3 is 2.41 bits per heavy atom. The van der Waals surface area contributed by atoms with Crippen molar-refractivity contribution in [2.45, 2.75) is 51.1 Å². The van der Waals surface area contributed by atoms with Crippen LogP contribution < -0.4 is 15.4 Å². The molecule has 0 radical (unpaired) electrons. The number of rotatable bonds is 10. The molecule has 1 aliphatic heterocycles. The molecule has 1 aromatic heterocycles. The maximum absolute atomic E-state index is 13.3. The van der Waals surface area contributed by atoms with Crippen molar-refractivity contribution in [3.8, 4) is 5.75 Å². The second kappa shape index (κ2) is 11.2. The van der Waals surface area contributed by atoms with Gasteiger partial charge in [-0.2, -0.15) is 4.31 Å². The fourth-order valence-electron chi connectivity index (χ4n) is 4.57. The first-order valence-electron chi connectivity index (χ1n) is 12.8. The molecule has 9 nitrogen and oxygen atoms in total. The second-order valence-electron chi connectivity index (χ2n) is 10.5. The zero-order chi connectivity index (χ0) is 28.4. The van der Waals surface area contributed by atoms with Crippen LogP contribution in [-0.4, -0.2) is 57.3 Å². The van der Waals surface area contributed by atoms with Gasteiger partial charge in [0.05, 0.1) is 36.2 Å². The van der Waals surface area contributed by atoms with Crippen LogP contribution in [0.5, 0.6) is 5.75 Å². The molecular weight excluding hydrogens is 516 g/mol. The van der Waals surface area contributed by atoms with Gasteiger partial charge in [0.2, 0.25) is 10.0 Å². The Bertz CT molecular complexity index is 1470. The number of methoxy groups -OCH3 is 1. The zero-order valence-corrected chi connectivity index (χ0v) is 24.1. The van der Waals surface area contributed by atoms with Crippen molar-refractivity contribution in [2.24, 2.45) is 4.99 Å². The van der Waals surface area contributed by atoms with Crippen LogP contribution in [0.4, 0.5) is 0 Å². The molecule has 0 saturated carbocycles. The summed E-state index contributed by atoms with van der Waals surface area (Å²) in [5, 5.41) is 6.32. The Morgan fingerprint density at radius 1 is 1.15 bits per heavy atom. The topological polar surface area (TPSA) is 113 Å². The minimum absolute atomic E-state index is 0.00972. The van der Waals surface area contributed by atoms with E-state index >= 15 is 0 Å². The van der Waals surface area contributed by atoms with Crippen LogP contribution in [0.25, 0.3) is 0 Å². The van der Waals surface area contributed by atoms with Crippen LogP contribution in [0.1, 0.15) is 52.2 Å². The molecule has 2 heterocycles. The molecular formula is C29H36N4O5S. The van der Waals surface area contributed by atoms with Gasteiger partial charge in [-0.05, 0) is 69.0 Å². The van der Waals surface area contributed by atoms with Gasteiger partial charge in [-0.3, -0.25) is 9.79 Å². The second-order valence-corrected chi connectivity index (χ2v) is 12.5. The smallest absolute Gasteiger partial charge is 0.254 e. The van der Waals surface area contributed by atoms with E-state index in [9.17, 15) is 13.2 Å². The minimum Gasteiger partial charge on any atom is -0.497 e. The van der Waals surface area contributed by atoms with Gasteiger partial charge in [0.1, 0.15) is 23.6 Å². The highest BCUT2D eigenvalue weighted by molar-refractivity contribution is 7.89. The molecule has 0 atom stereocenters. The molecule has 208 valence electrons. The molecule has 0 unspecified atom stereocenters. The molecule has 1 amide bonds. The Kier molecular flexibility index (Phi) is 8.17. The number of amidine groups is 1. The van der Waals surface area contributed by atoms with Gasteiger partial charge < -0.3 is 19.8 Å². The molecule has 0 spiro atoms. The third-order valence-corrected chi connectivity index (χ3v) is 8.76. The number of aliphatic imine (C=N–C) groups is 1. The summed E-state index contributed by atoms with van der Waals surface area (Å²) >= 11 is 0. The van der Waals surface area contributed by atoms with Crippen LogP contribution in [0.3, 0.4) is 0 Å². The minimum atomic E-state index is -3.79. The number of hydrogen-bond acceptors (Lipinski definition) is 7. The lowest BCUT2D eigenvalue weighted by Gasteiger charge is -2.19. The zero-order valence-electron chi connectivity index (χ0n) is 23.3. The Labute approximate surface area is 230 Å². The number of nitrogens with one attached hydrogen (secondary N) is 2. The van der Waals surface area contributed by atoms with Gasteiger partial charge >= 0.3 is 0 Å². The number of carbonyl (C=O) groups is 1. The van der Waals surface area contributed by atoms with Crippen LogP contribution in [0.2, 0.25) is 0 Å². The summed E-state index contributed by atoms with van der Waals surface area (Å²) in [5.74, 6) is 1.60. The predicted octanol–water partition coefficient (Wildman–Crippen LogP) is 3.83. The van der Waals surface area contributed by atoms with Crippen molar-refractivity contribution < 1.29 is 22.4 Å². The lowest BCUT2D eigenvalue weighted by atomic mass is 10.1. The average molecular weight is 553 g/mol. The molecule has 39 heavy (non-hydrogen) atoms. The van der Waals surface area contributed by atoms with E-state index in [0.29, 0.717) is 41.2 Å². The first-order chi connectivity index (χ1) is 18.4. The van der Waals surface area contributed by atoms with Gasteiger partial charge in [-0.25, -0.2) is 8.42 Å². The van der Waals surface area contributed by atoms with Crippen LogP contribution in [0, 0.1) is 13.8 Å². The van der Waals surface area contributed by atoms with Crippen molar-refractivity contribution >= 4 is 21.8 Å². The number of aryl methyl sites for hydroxylation is 2. The van der Waals surface area contributed by atoms with Crippen molar-refractivity contribution in [3.63, 3.8) is 0 Å². The van der Waals surface area contributed by atoms with Crippen molar-refractivity contribution in [1.29, 1.82) is 0 Å². The molecule has 2 N–H and O–H groups in total. The number of ether oxygens (including phenoxy) is 1. The van der Waals surface area contributed by atoms with E-state index < -0.39 is 10.0 Å². The van der Waals surface area contributed by atoms with E-state index in [-0.39, 0.29) is 22.9 Å². The number of hydrogen-bond donors (Lipinski definition) is 2. The number of nitrogens with zero attached hydrogens (tertiary/aromatic N) is 2. The molecule has 0 aliphatic carbocycles. The first kappa shape index (κ1) is 28.4. The monoisotopic (exact) mass is 552 g/mol. The Balaban J connectivity index is 1.31. The molecule has 2 aromatic carbocycles. The van der Waals surface area contributed by atoms with Gasteiger partial charge in [0.25, 0.3) is 5.91 Å². The van der Waals surface area contributed by atoms with Gasteiger partial charge in [0, 0.05) is 19.2 Å². The highest BCUT2D eigenvalue weighted by Crippen LogP contribution is 2.28. The average Bonchev–Trinajstić information content (AvgIpc) is 3.49. The number of carbonyl (C=O) groups excluding carboxylic acids is 1. The summed E-state index contributed by atoms with van der Waals surface area (Å²) in [4.78, 5) is 17.5. The molecule has 10 heteroatoms. The summed E-state index contributed by atoms with van der Waals surface area (Å²) in [7, 11) is -0.756. The maximum atomic E-state index is 13.3. The number of furan rings is 1. The molecule has 0 saturated heterocycles. The summed E-state index contributed by atoms with van der Waals surface area (Å²) in [6.07, 6.45) is 2.02. The molecule has 3 aromatic rings. The maximum Gasteiger partial charge on any atom is 0.254 e. The lowest BCUT2D eigenvalue weighted by Crippen LogP contribution is -2.39. The predicted molar refractivity (Wildman–Crippen MR) is 151 cm³/mol. The fourth-order valence-corrected chi connectivity index (χ4v) is 6.11. The largest absolute Gasteiger partial charge is 0.497 e. The van der Waals surface area contributed by atoms with Crippen LogP contribution in [-0.2, 0) is 23.0 Å². The highest BCUT2D eigenvalue weighted by atomic mass is 32.2. The van der Waals surface area contributed by atoms with Crippen LogP contribution in [0.15, 0.2) is 63.0 Å². The van der Waals surface area contributed by atoms with Crippen LogP contribution >= 0.6 is 0 Å². The van der Waals surface area contributed by atoms with Crippen molar-refractivity contribution in [1.82, 2.24) is 14.9 Å². The van der Waals surface area contributed by atoms with E-state index in [0.717, 1.165) is 23.5 Å². The first-order valence-corrected chi connectivity index (χ1v) is 14.2. The van der Waals surface area contributed by atoms with E-state index in [1.165, 1.54) is 17.6 Å². The third kappa shape index (κ3) is 6.51. The number of benzene rings is 2. The summed E-state index contributed by atoms with van der Waals surface area (Å²) in [5.41, 5.74) is 3.66. The SMILES string of the molecule is COc1cc(C)c(S(=O)(=O)N(C)Cc2cc(C(=O)NCCc3ccc(C4=NCC(C)(C)N4)cc3)co2)c(C)c1. The third-order valence-electron chi connectivity index (χ3n) is 6.65. The van der Waals surface area contributed by atoms with Gasteiger partial charge in [-0.1, -0.05) is 24.3 Å². The fraction of sp³-hybridized carbons (Fsp3) is 0.379. The van der Waals surface area contributed by atoms with E-state index in [1.807, 2.05) is 24.3 Å². The molecule has 0 fully saturated rings. The summed E-state index contributed by atoms with van der Waals surface area (Å²) in [6, 6.07) is 13.1. The van der Waals surface area contributed by atoms with Gasteiger partial charge in [0.15, 0.2) is 0 Å². The van der Waals surface area contributed by atoms with Crippen molar-refractivity contribution in [2.75, 3.05) is 27.2 Å². The Hall–Kier alpha value is -3.63. The standard InChI is InChI=1S/C29H36N4O5S/c1-19-13-24(37-6)14-20(2)26(19)39(35,36)33(5)16-25-15-23(17-38-25)28(34)30-12-11-21-7-9-22(10-8-21)27-31-18-29(3,4)32-27/h7-10,13-15,17H,11-12,16,18H2,1-6H3,(H,30,34)(H,31,32). The van der Waals surface area contributed by atoms with Crippen molar-refractivity contribution in [3.05, 3.63) is 82.3 Å². The Morgan fingerprint density at radius 2 is 1.82 bits per heavy atom.